The molecule has 0 bridgehead atoms. The van der Waals surface area contributed by atoms with Gasteiger partial charge in [0.15, 0.2) is 0 Å². The Balaban J connectivity index is 2.15. The quantitative estimate of drug-likeness (QED) is 0.880. The number of benzene rings is 1. The molecule has 0 aliphatic carbocycles. The van der Waals surface area contributed by atoms with Gasteiger partial charge in [0.2, 0.25) is 0 Å². The number of urea groups is 1. The lowest BCUT2D eigenvalue weighted by atomic mass is 10.0. The summed E-state index contributed by atoms with van der Waals surface area (Å²) < 4.78 is 0. The number of amides is 2. The average molecular weight is 260 g/mol. The lowest BCUT2D eigenvalue weighted by Gasteiger charge is -2.27. The smallest absolute Gasteiger partial charge is 0.321 e. The van der Waals surface area contributed by atoms with Gasteiger partial charge in [0, 0.05) is 18.8 Å². The van der Waals surface area contributed by atoms with Crippen molar-refractivity contribution in [1.29, 1.82) is 0 Å². The van der Waals surface area contributed by atoms with E-state index in [1.165, 1.54) is 17.5 Å². The van der Waals surface area contributed by atoms with Crippen LogP contribution in [-0.2, 0) is 12.8 Å². The summed E-state index contributed by atoms with van der Waals surface area (Å²) in [6, 6.07) is 6.35. The molecule has 2 amide bonds. The molecule has 3 nitrogen and oxygen atoms in total. The molecule has 1 heterocycles. The Morgan fingerprint density at radius 3 is 2.21 bits per heavy atom. The summed E-state index contributed by atoms with van der Waals surface area (Å²) in [5.41, 5.74) is 3.48. The van der Waals surface area contributed by atoms with Crippen LogP contribution >= 0.6 is 0 Å². The number of hydrogen-bond donors (Lipinski definition) is 1. The summed E-state index contributed by atoms with van der Waals surface area (Å²) in [5, 5.41) is 3.14. The van der Waals surface area contributed by atoms with E-state index in [1.54, 1.807) is 0 Å². The van der Waals surface area contributed by atoms with E-state index in [1.807, 2.05) is 4.90 Å². The van der Waals surface area contributed by atoms with Crippen LogP contribution in [0.1, 0.15) is 44.2 Å². The Morgan fingerprint density at radius 2 is 1.68 bits per heavy atom. The van der Waals surface area contributed by atoms with Gasteiger partial charge < -0.3 is 10.2 Å². The number of nitrogens with one attached hydrogen (secondary N) is 1. The molecule has 1 aliphatic heterocycles. The first-order chi connectivity index (χ1) is 9.26. The van der Waals surface area contributed by atoms with Crippen molar-refractivity contribution in [2.75, 3.05) is 18.4 Å². The Kier molecular flexibility index (Phi) is 4.83. The summed E-state index contributed by atoms with van der Waals surface area (Å²) in [4.78, 5) is 14.3. The number of aryl methyl sites for hydroxylation is 2. The molecule has 0 saturated carbocycles. The molecule has 0 spiro atoms. The van der Waals surface area contributed by atoms with E-state index in [4.69, 9.17) is 0 Å². The van der Waals surface area contributed by atoms with Gasteiger partial charge in [0.25, 0.3) is 0 Å². The molecule has 1 saturated heterocycles. The van der Waals surface area contributed by atoms with Crippen molar-refractivity contribution in [2.24, 2.45) is 0 Å². The van der Waals surface area contributed by atoms with Crippen LogP contribution in [0.3, 0.4) is 0 Å². The van der Waals surface area contributed by atoms with E-state index >= 15 is 0 Å². The van der Waals surface area contributed by atoms with Gasteiger partial charge in [-0.05, 0) is 43.2 Å². The molecular weight excluding hydrogens is 236 g/mol. The third-order valence-electron chi connectivity index (χ3n) is 3.87. The second-order valence-electron chi connectivity index (χ2n) is 5.14. The molecule has 104 valence electrons. The van der Waals surface area contributed by atoms with Crippen molar-refractivity contribution >= 4 is 11.7 Å². The molecule has 2 rings (SSSR count). The van der Waals surface area contributed by atoms with Crippen molar-refractivity contribution in [3.63, 3.8) is 0 Å². The SMILES string of the molecule is CCc1cccc(CC)c1NC(=O)N1CCCCC1. The Labute approximate surface area is 116 Å². The largest absolute Gasteiger partial charge is 0.325 e. The predicted octanol–water partition coefficient (Wildman–Crippen LogP) is 3.83. The van der Waals surface area contributed by atoms with Crippen LogP contribution in [0.4, 0.5) is 10.5 Å². The highest BCUT2D eigenvalue weighted by molar-refractivity contribution is 5.91. The maximum Gasteiger partial charge on any atom is 0.321 e. The van der Waals surface area contributed by atoms with Crippen LogP contribution in [0.2, 0.25) is 0 Å². The Bertz CT molecular complexity index is 414. The molecule has 0 unspecified atom stereocenters. The van der Waals surface area contributed by atoms with Crippen molar-refractivity contribution in [3.05, 3.63) is 29.3 Å². The maximum atomic E-state index is 12.3. The first-order valence-electron chi connectivity index (χ1n) is 7.43. The number of carbonyl (C=O) groups is 1. The van der Waals surface area contributed by atoms with Crippen LogP contribution in [0.25, 0.3) is 0 Å². The number of anilines is 1. The fraction of sp³-hybridized carbons (Fsp3) is 0.562. The van der Waals surface area contributed by atoms with Gasteiger partial charge >= 0.3 is 6.03 Å². The van der Waals surface area contributed by atoms with E-state index in [0.29, 0.717) is 0 Å². The molecule has 1 aromatic rings. The summed E-state index contributed by atoms with van der Waals surface area (Å²) in [6.07, 6.45) is 5.40. The van der Waals surface area contributed by atoms with Gasteiger partial charge in [0.1, 0.15) is 0 Å². The highest BCUT2D eigenvalue weighted by Gasteiger charge is 2.18. The van der Waals surface area contributed by atoms with Crippen LogP contribution in [0, 0.1) is 0 Å². The van der Waals surface area contributed by atoms with E-state index in [2.05, 4.69) is 37.4 Å². The standard InChI is InChI=1S/C16H24N2O/c1-3-13-9-8-10-14(4-2)15(13)17-16(19)18-11-6-5-7-12-18/h8-10H,3-7,11-12H2,1-2H3,(H,17,19). The van der Waals surface area contributed by atoms with E-state index in [-0.39, 0.29) is 6.03 Å². The molecule has 0 aromatic heterocycles. The number of likely N-dealkylation sites (tertiary alicyclic amines) is 1. The molecule has 1 aromatic carbocycles. The number of hydrogen-bond acceptors (Lipinski definition) is 1. The lowest BCUT2D eigenvalue weighted by Crippen LogP contribution is -2.39. The molecule has 0 atom stereocenters. The number of piperidine rings is 1. The third-order valence-corrected chi connectivity index (χ3v) is 3.87. The first kappa shape index (κ1) is 13.9. The monoisotopic (exact) mass is 260 g/mol. The van der Waals surface area contributed by atoms with E-state index in [0.717, 1.165) is 44.5 Å². The van der Waals surface area contributed by atoms with Gasteiger partial charge in [-0.1, -0.05) is 32.0 Å². The van der Waals surface area contributed by atoms with Crippen molar-refractivity contribution in [2.45, 2.75) is 46.0 Å². The zero-order chi connectivity index (χ0) is 13.7. The number of carbonyl (C=O) groups excluding carboxylic acids is 1. The second-order valence-corrected chi connectivity index (χ2v) is 5.14. The fourth-order valence-electron chi connectivity index (χ4n) is 2.69. The zero-order valence-corrected chi connectivity index (χ0v) is 12.0. The molecule has 1 fully saturated rings. The Morgan fingerprint density at radius 1 is 1.11 bits per heavy atom. The van der Waals surface area contributed by atoms with Crippen LogP contribution in [-0.4, -0.2) is 24.0 Å². The molecule has 3 heteroatoms. The molecule has 19 heavy (non-hydrogen) atoms. The third kappa shape index (κ3) is 3.28. The highest BCUT2D eigenvalue weighted by atomic mass is 16.2. The maximum absolute atomic E-state index is 12.3. The van der Waals surface area contributed by atoms with Gasteiger partial charge in [-0.15, -0.1) is 0 Å². The predicted molar refractivity (Wildman–Crippen MR) is 79.6 cm³/mol. The van der Waals surface area contributed by atoms with Crippen LogP contribution < -0.4 is 5.32 Å². The number of rotatable bonds is 3. The van der Waals surface area contributed by atoms with Gasteiger partial charge in [-0.3, -0.25) is 0 Å². The molecule has 1 aliphatic rings. The van der Waals surface area contributed by atoms with Crippen LogP contribution in [0.5, 0.6) is 0 Å². The minimum absolute atomic E-state index is 0.0651. The highest BCUT2D eigenvalue weighted by Crippen LogP contribution is 2.23. The average Bonchev–Trinajstić information content (AvgIpc) is 2.48. The van der Waals surface area contributed by atoms with Crippen molar-refractivity contribution in [1.82, 2.24) is 4.90 Å². The Hall–Kier alpha value is -1.51. The van der Waals surface area contributed by atoms with Gasteiger partial charge in [-0.25, -0.2) is 4.79 Å². The number of nitrogens with zero attached hydrogens (tertiary/aromatic N) is 1. The number of para-hydroxylation sites is 1. The summed E-state index contributed by atoms with van der Waals surface area (Å²) >= 11 is 0. The molecule has 0 radical (unpaired) electrons. The minimum Gasteiger partial charge on any atom is -0.325 e. The second kappa shape index (κ2) is 6.60. The van der Waals surface area contributed by atoms with Crippen molar-refractivity contribution in [3.8, 4) is 0 Å². The summed E-state index contributed by atoms with van der Waals surface area (Å²) in [5.74, 6) is 0. The summed E-state index contributed by atoms with van der Waals surface area (Å²) in [6.45, 7) is 6.04. The fourth-order valence-corrected chi connectivity index (χ4v) is 2.69. The van der Waals surface area contributed by atoms with E-state index < -0.39 is 0 Å². The lowest BCUT2D eigenvalue weighted by molar-refractivity contribution is 0.200. The summed E-state index contributed by atoms with van der Waals surface area (Å²) in [7, 11) is 0. The van der Waals surface area contributed by atoms with Gasteiger partial charge in [0.05, 0.1) is 0 Å². The van der Waals surface area contributed by atoms with Crippen LogP contribution in [0.15, 0.2) is 18.2 Å². The van der Waals surface area contributed by atoms with E-state index in [9.17, 15) is 4.79 Å². The van der Waals surface area contributed by atoms with Gasteiger partial charge in [-0.2, -0.15) is 0 Å². The zero-order valence-electron chi connectivity index (χ0n) is 12.0. The minimum atomic E-state index is 0.0651. The normalized spacial score (nSPS) is 15.4. The molecule has 1 N–H and O–H groups in total. The van der Waals surface area contributed by atoms with Crippen molar-refractivity contribution < 1.29 is 4.79 Å². The first-order valence-corrected chi connectivity index (χ1v) is 7.43. The molecular formula is C16H24N2O. The topological polar surface area (TPSA) is 32.3 Å².